The lowest BCUT2D eigenvalue weighted by atomic mass is 10.1. The van der Waals surface area contributed by atoms with Crippen LogP contribution in [0.2, 0.25) is 0 Å². The van der Waals surface area contributed by atoms with E-state index in [1.165, 1.54) is 25.7 Å². The molecular formula is C25H36N6. The van der Waals surface area contributed by atoms with Crippen molar-refractivity contribution in [2.75, 3.05) is 29.9 Å². The minimum atomic E-state index is 0.515. The van der Waals surface area contributed by atoms with Crippen LogP contribution in [0.4, 0.5) is 17.5 Å². The molecule has 1 aliphatic heterocycles. The molecule has 6 nitrogen and oxygen atoms in total. The Morgan fingerprint density at radius 3 is 2.77 bits per heavy atom. The van der Waals surface area contributed by atoms with Crippen molar-refractivity contribution in [2.24, 2.45) is 0 Å². The van der Waals surface area contributed by atoms with Crippen LogP contribution in [-0.4, -0.2) is 35.6 Å². The average Bonchev–Trinajstić information content (AvgIpc) is 2.79. The normalized spacial score (nSPS) is 16.2. The number of hydrogen-bond acceptors (Lipinski definition) is 6. The Bertz CT molecular complexity index is 888. The third kappa shape index (κ3) is 6.67. The number of anilines is 3. The van der Waals surface area contributed by atoms with Gasteiger partial charge < -0.3 is 15.5 Å². The highest BCUT2D eigenvalue weighted by Crippen LogP contribution is 2.24. The highest BCUT2D eigenvalue weighted by atomic mass is 15.2. The molecule has 1 aromatic heterocycles. The molecule has 1 atom stereocenters. The lowest BCUT2D eigenvalue weighted by Gasteiger charge is -2.34. The van der Waals surface area contributed by atoms with Crippen LogP contribution in [0.15, 0.2) is 24.3 Å². The van der Waals surface area contributed by atoms with Gasteiger partial charge in [0.05, 0.1) is 11.6 Å². The van der Waals surface area contributed by atoms with Crippen molar-refractivity contribution in [1.82, 2.24) is 15.3 Å². The van der Waals surface area contributed by atoms with Crippen LogP contribution in [0.5, 0.6) is 0 Å². The van der Waals surface area contributed by atoms with Gasteiger partial charge in [0.2, 0.25) is 5.95 Å². The summed E-state index contributed by atoms with van der Waals surface area (Å²) < 4.78 is 0. The van der Waals surface area contributed by atoms with Crippen molar-refractivity contribution in [2.45, 2.75) is 71.8 Å². The predicted molar refractivity (Wildman–Crippen MR) is 128 cm³/mol. The zero-order valence-corrected chi connectivity index (χ0v) is 19.2. The van der Waals surface area contributed by atoms with Gasteiger partial charge in [0.25, 0.3) is 0 Å². The number of nitrogens with one attached hydrogen (secondary N) is 2. The van der Waals surface area contributed by atoms with Crippen LogP contribution in [0.1, 0.15) is 69.2 Å². The third-order valence-electron chi connectivity index (χ3n) is 5.88. The van der Waals surface area contributed by atoms with Gasteiger partial charge in [-0.15, -0.1) is 0 Å². The second-order valence-corrected chi connectivity index (χ2v) is 8.50. The summed E-state index contributed by atoms with van der Waals surface area (Å²) in [6.07, 6.45) is 8.03. The van der Waals surface area contributed by atoms with E-state index in [-0.39, 0.29) is 0 Å². The lowest BCUT2D eigenvalue weighted by molar-refractivity contribution is 0.418. The Morgan fingerprint density at radius 1 is 1.16 bits per heavy atom. The first kappa shape index (κ1) is 23.0. The number of benzene rings is 1. The Labute approximate surface area is 187 Å². The first-order valence-corrected chi connectivity index (χ1v) is 11.8. The van der Waals surface area contributed by atoms with E-state index < -0.39 is 0 Å². The number of unbranched alkanes of at least 4 members (excludes halogenated alkanes) is 2. The Morgan fingerprint density at radius 2 is 2.00 bits per heavy atom. The number of piperidine rings is 1. The molecule has 166 valence electrons. The summed E-state index contributed by atoms with van der Waals surface area (Å²) in [5, 5.41) is 16.4. The molecule has 31 heavy (non-hydrogen) atoms. The molecule has 0 unspecified atom stereocenters. The van der Waals surface area contributed by atoms with Gasteiger partial charge in [-0.25, -0.2) is 4.98 Å². The van der Waals surface area contributed by atoms with Crippen LogP contribution in [-0.2, 0) is 6.42 Å². The van der Waals surface area contributed by atoms with E-state index in [0.29, 0.717) is 17.6 Å². The first-order chi connectivity index (χ1) is 15.1. The minimum absolute atomic E-state index is 0.515. The number of rotatable bonds is 10. The Balaban J connectivity index is 1.80. The van der Waals surface area contributed by atoms with Gasteiger partial charge in [0.15, 0.2) is 0 Å². The minimum Gasteiger partial charge on any atom is -0.355 e. The molecule has 6 heteroatoms. The maximum absolute atomic E-state index is 9.35. The number of nitriles is 1. The van der Waals surface area contributed by atoms with E-state index in [1.807, 2.05) is 25.1 Å². The van der Waals surface area contributed by atoms with Crippen molar-refractivity contribution in [3.8, 4) is 6.07 Å². The maximum Gasteiger partial charge on any atom is 0.229 e. The summed E-state index contributed by atoms with van der Waals surface area (Å²) in [7, 11) is 0. The molecule has 1 saturated heterocycles. The molecule has 3 rings (SSSR count). The van der Waals surface area contributed by atoms with Crippen LogP contribution in [0.25, 0.3) is 0 Å². The number of aromatic nitrogens is 2. The van der Waals surface area contributed by atoms with Crippen molar-refractivity contribution in [1.29, 1.82) is 5.26 Å². The number of hydrogen-bond donors (Lipinski definition) is 2. The maximum atomic E-state index is 9.35. The second-order valence-electron chi connectivity index (χ2n) is 8.50. The third-order valence-corrected chi connectivity index (χ3v) is 5.88. The molecule has 0 bridgehead atoms. The first-order valence-electron chi connectivity index (χ1n) is 11.8. The van der Waals surface area contributed by atoms with Gasteiger partial charge in [-0.05, 0) is 63.3 Å². The summed E-state index contributed by atoms with van der Waals surface area (Å²) in [5.41, 5.74) is 3.56. The Kier molecular flexibility index (Phi) is 8.66. The molecule has 0 spiro atoms. The van der Waals surface area contributed by atoms with Gasteiger partial charge >= 0.3 is 0 Å². The van der Waals surface area contributed by atoms with Gasteiger partial charge in [0.1, 0.15) is 5.82 Å². The topological polar surface area (TPSA) is 76.9 Å². The smallest absolute Gasteiger partial charge is 0.229 e. The molecule has 0 amide bonds. The lowest BCUT2D eigenvalue weighted by Crippen LogP contribution is -2.46. The molecule has 1 fully saturated rings. The fourth-order valence-electron chi connectivity index (χ4n) is 3.97. The summed E-state index contributed by atoms with van der Waals surface area (Å²) in [5.74, 6) is 1.61. The monoisotopic (exact) mass is 420 g/mol. The zero-order valence-electron chi connectivity index (χ0n) is 19.2. The fraction of sp³-hybridized carbons (Fsp3) is 0.560. The van der Waals surface area contributed by atoms with Crippen molar-refractivity contribution in [3.63, 3.8) is 0 Å². The predicted octanol–water partition coefficient (Wildman–Crippen LogP) is 5.10. The largest absolute Gasteiger partial charge is 0.355 e. The van der Waals surface area contributed by atoms with E-state index in [0.717, 1.165) is 61.7 Å². The van der Waals surface area contributed by atoms with Crippen LogP contribution in [0.3, 0.4) is 0 Å². The standard InChI is InChI=1S/C25H36N6/c1-4-6-9-21-16-24(31-14-8-10-23(18-31)27-13-7-5-2)30-25(28-21)29-22-12-11-19(3)20(15-22)17-26/h11-12,15-16,23,27H,4-10,13-14,18H2,1-3H3,(H,28,29,30)/t23-/m1/s1. The average molecular weight is 421 g/mol. The highest BCUT2D eigenvalue weighted by Gasteiger charge is 2.21. The zero-order chi connectivity index (χ0) is 22.1. The molecule has 0 saturated carbocycles. The molecule has 1 aliphatic rings. The molecular weight excluding hydrogens is 384 g/mol. The highest BCUT2D eigenvalue weighted by molar-refractivity contribution is 5.59. The summed E-state index contributed by atoms with van der Waals surface area (Å²) in [4.78, 5) is 12.0. The van der Waals surface area contributed by atoms with E-state index in [4.69, 9.17) is 9.97 Å². The summed E-state index contributed by atoms with van der Waals surface area (Å²) >= 11 is 0. The summed E-state index contributed by atoms with van der Waals surface area (Å²) in [6, 6.07) is 10.7. The SMILES string of the molecule is CCCCN[C@@H]1CCCN(c2cc(CCCC)nc(Nc3ccc(C)c(C#N)c3)n2)C1. The molecule has 2 N–H and O–H groups in total. The number of nitrogens with zero attached hydrogens (tertiary/aromatic N) is 4. The van der Waals surface area contributed by atoms with Crippen molar-refractivity contribution >= 4 is 17.5 Å². The molecule has 2 heterocycles. The van der Waals surface area contributed by atoms with E-state index in [1.54, 1.807) is 0 Å². The second kappa shape index (κ2) is 11.7. The van der Waals surface area contributed by atoms with Gasteiger partial charge in [0, 0.05) is 36.6 Å². The fourth-order valence-corrected chi connectivity index (χ4v) is 3.97. The quantitative estimate of drug-likeness (QED) is 0.521. The van der Waals surface area contributed by atoms with E-state index in [9.17, 15) is 5.26 Å². The molecule has 1 aromatic carbocycles. The van der Waals surface area contributed by atoms with Crippen LogP contribution < -0.4 is 15.5 Å². The van der Waals surface area contributed by atoms with Crippen molar-refractivity contribution in [3.05, 3.63) is 41.1 Å². The van der Waals surface area contributed by atoms with Gasteiger partial charge in [-0.2, -0.15) is 10.2 Å². The van der Waals surface area contributed by atoms with E-state index in [2.05, 4.69) is 41.5 Å². The molecule has 0 radical (unpaired) electrons. The molecule has 2 aromatic rings. The van der Waals surface area contributed by atoms with Gasteiger partial charge in [-0.3, -0.25) is 0 Å². The van der Waals surface area contributed by atoms with E-state index >= 15 is 0 Å². The summed E-state index contributed by atoms with van der Waals surface area (Å²) in [6.45, 7) is 9.48. The number of aryl methyl sites for hydroxylation is 2. The van der Waals surface area contributed by atoms with Crippen molar-refractivity contribution < 1.29 is 0 Å². The molecule has 0 aliphatic carbocycles. The van der Waals surface area contributed by atoms with Gasteiger partial charge in [-0.1, -0.05) is 32.8 Å². The Hall–Kier alpha value is -2.65. The van der Waals surface area contributed by atoms with Crippen LogP contribution in [0, 0.1) is 18.3 Å². The van der Waals surface area contributed by atoms with Crippen LogP contribution >= 0.6 is 0 Å².